The van der Waals surface area contributed by atoms with Gasteiger partial charge in [-0.05, 0) is 43.5 Å². The van der Waals surface area contributed by atoms with Crippen LogP contribution in [0.15, 0.2) is 42.9 Å². The van der Waals surface area contributed by atoms with Gasteiger partial charge in [-0.25, -0.2) is 17.7 Å². The van der Waals surface area contributed by atoms with Gasteiger partial charge in [0.1, 0.15) is 5.82 Å². The molecular formula is C22H24N6O2S. The van der Waals surface area contributed by atoms with E-state index in [-0.39, 0.29) is 6.04 Å². The number of hydrogen-bond donors (Lipinski definition) is 2. The molecule has 0 bridgehead atoms. The van der Waals surface area contributed by atoms with Crippen molar-refractivity contribution in [3.63, 3.8) is 0 Å². The maximum Gasteiger partial charge on any atom is 0.211 e. The minimum atomic E-state index is -3.13. The van der Waals surface area contributed by atoms with E-state index in [1.165, 1.54) is 10.6 Å². The summed E-state index contributed by atoms with van der Waals surface area (Å²) in [5, 5.41) is 13.8. The second-order valence-electron chi connectivity index (χ2n) is 8.10. The van der Waals surface area contributed by atoms with Gasteiger partial charge in [0.2, 0.25) is 10.0 Å². The molecule has 0 radical (unpaired) electrons. The van der Waals surface area contributed by atoms with E-state index in [0.29, 0.717) is 13.1 Å². The fourth-order valence-corrected chi connectivity index (χ4v) is 5.19. The van der Waals surface area contributed by atoms with Gasteiger partial charge in [0.05, 0.1) is 23.7 Å². The lowest BCUT2D eigenvalue weighted by Gasteiger charge is -2.31. The standard InChI is InChI=1S/C22H24N6O2S/c1-14-17(3-4-20-19(14)13-25-27-20)22-18-11-21(24-12-15(18)5-8-23-22)26-16-6-9-28(10-7-16)31(2,29)30/h3-5,8,11-13,16H,6-7,9-10H2,1-2H3,(H,24,26)(H,25,27). The van der Waals surface area contributed by atoms with Crippen molar-refractivity contribution in [3.8, 4) is 11.3 Å². The number of benzene rings is 1. The Bertz CT molecular complexity index is 1370. The zero-order valence-electron chi connectivity index (χ0n) is 17.5. The van der Waals surface area contributed by atoms with E-state index < -0.39 is 10.0 Å². The number of anilines is 1. The molecule has 0 atom stereocenters. The van der Waals surface area contributed by atoms with Gasteiger partial charge in [-0.15, -0.1) is 0 Å². The summed E-state index contributed by atoms with van der Waals surface area (Å²) in [4.78, 5) is 9.28. The second-order valence-corrected chi connectivity index (χ2v) is 10.1. The van der Waals surface area contributed by atoms with Gasteiger partial charge in [0, 0.05) is 53.2 Å². The lowest BCUT2D eigenvalue weighted by Crippen LogP contribution is -2.41. The molecule has 31 heavy (non-hydrogen) atoms. The average Bonchev–Trinajstić information content (AvgIpc) is 3.23. The Hall–Kier alpha value is -3.04. The fraction of sp³-hybridized carbons (Fsp3) is 0.318. The number of nitrogens with one attached hydrogen (secondary N) is 2. The van der Waals surface area contributed by atoms with E-state index in [2.05, 4.69) is 33.5 Å². The summed E-state index contributed by atoms with van der Waals surface area (Å²) in [5.41, 5.74) is 4.12. The first-order valence-corrected chi connectivity index (χ1v) is 12.1. The van der Waals surface area contributed by atoms with E-state index in [1.54, 1.807) is 0 Å². The van der Waals surface area contributed by atoms with Crippen LogP contribution in [0.4, 0.5) is 5.82 Å². The van der Waals surface area contributed by atoms with E-state index in [1.807, 2.05) is 36.8 Å². The molecule has 5 rings (SSSR count). The van der Waals surface area contributed by atoms with Crippen molar-refractivity contribution >= 4 is 37.5 Å². The van der Waals surface area contributed by atoms with Crippen molar-refractivity contribution in [2.45, 2.75) is 25.8 Å². The van der Waals surface area contributed by atoms with Crippen LogP contribution in [0.5, 0.6) is 0 Å². The first-order chi connectivity index (χ1) is 14.9. The first-order valence-electron chi connectivity index (χ1n) is 10.3. The average molecular weight is 437 g/mol. The van der Waals surface area contributed by atoms with Gasteiger partial charge in [0.15, 0.2) is 0 Å². The van der Waals surface area contributed by atoms with Crippen LogP contribution in [0.3, 0.4) is 0 Å². The molecule has 1 aliphatic heterocycles. The number of hydrogen-bond acceptors (Lipinski definition) is 6. The molecule has 0 unspecified atom stereocenters. The van der Waals surface area contributed by atoms with Crippen molar-refractivity contribution in [1.82, 2.24) is 24.5 Å². The molecule has 1 aromatic carbocycles. The Morgan fingerprint density at radius 3 is 2.68 bits per heavy atom. The zero-order valence-corrected chi connectivity index (χ0v) is 18.3. The van der Waals surface area contributed by atoms with Crippen molar-refractivity contribution in [2.24, 2.45) is 0 Å². The summed E-state index contributed by atoms with van der Waals surface area (Å²) in [6.45, 7) is 3.14. The Labute approximate surface area is 180 Å². The van der Waals surface area contributed by atoms with Crippen LogP contribution in [0.2, 0.25) is 0 Å². The third-order valence-electron chi connectivity index (χ3n) is 6.07. The normalized spacial score (nSPS) is 16.2. The number of sulfonamides is 1. The summed E-state index contributed by atoms with van der Waals surface area (Å²) >= 11 is 0. The Morgan fingerprint density at radius 2 is 1.90 bits per heavy atom. The summed E-state index contributed by atoms with van der Waals surface area (Å²) in [5.74, 6) is 0.779. The van der Waals surface area contributed by atoms with Crippen molar-refractivity contribution in [3.05, 3.63) is 48.4 Å². The molecular weight excluding hydrogens is 412 g/mol. The van der Waals surface area contributed by atoms with Gasteiger partial charge in [0.25, 0.3) is 0 Å². The van der Waals surface area contributed by atoms with E-state index in [9.17, 15) is 8.42 Å². The Morgan fingerprint density at radius 1 is 1.10 bits per heavy atom. The molecule has 2 N–H and O–H groups in total. The molecule has 8 nitrogen and oxygen atoms in total. The third kappa shape index (κ3) is 3.75. The number of aromatic amines is 1. The number of aromatic nitrogens is 4. The highest BCUT2D eigenvalue weighted by molar-refractivity contribution is 7.88. The molecule has 160 valence electrons. The summed E-state index contributed by atoms with van der Waals surface area (Å²) < 4.78 is 25.0. The Balaban J connectivity index is 1.47. The van der Waals surface area contributed by atoms with Crippen LogP contribution in [0, 0.1) is 6.92 Å². The largest absolute Gasteiger partial charge is 0.367 e. The first kappa shape index (κ1) is 19.9. The van der Waals surface area contributed by atoms with Gasteiger partial charge in [-0.3, -0.25) is 10.1 Å². The number of H-pyrrole nitrogens is 1. The molecule has 0 amide bonds. The van der Waals surface area contributed by atoms with Crippen LogP contribution in [-0.2, 0) is 10.0 Å². The molecule has 9 heteroatoms. The molecule has 1 aliphatic rings. The number of nitrogens with zero attached hydrogens (tertiary/aromatic N) is 4. The van der Waals surface area contributed by atoms with E-state index >= 15 is 0 Å². The zero-order chi connectivity index (χ0) is 21.6. The SMILES string of the molecule is Cc1c(-c2nccc3cnc(NC4CCN(S(C)(=O)=O)CC4)cc23)ccc2[nH]ncc12. The number of aryl methyl sites for hydroxylation is 1. The molecule has 3 aromatic heterocycles. The van der Waals surface area contributed by atoms with E-state index in [4.69, 9.17) is 4.98 Å². The molecule has 0 aliphatic carbocycles. The number of piperidine rings is 1. The van der Waals surface area contributed by atoms with Crippen LogP contribution in [-0.4, -0.2) is 58.3 Å². The van der Waals surface area contributed by atoms with Crippen molar-refractivity contribution < 1.29 is 8.42 Å². The lowest BCUT2D eigenvalue weighted by molar-refractivity contribution is 0.331. The smallest absolute Gasteiger partial charge is 0.211 e. The number of fused-ring (bicyclic) bond motifs is 2. The van der Waals surface area contributed by atoms with Crippen molar-refractivity contribution in [2.75, 3.05) is 24.7 Å². The highest BCUT2D eigenvalue weighted by Gasteiger charge is 2.25. The van der Waals surface area contributed by atoms with Crippen LogP contribution in [0.1, 0.15) is 18.4 Å². The summed E-state index contributed by atoms with van der Waals surface area (Å²) in [6.07, 6.45) is 8.29. The number of pyridine rings is 2. The van der Waals surface area contributed by atoms with E-state index in [0.717, 1.165) is 57.2 Å². The van der Waals surface area contributed by atoms with Crippen molar-refractivity contribution in [1.29, 1.82) is 0 Å². The number of rotatable bonds is 4. The summed E-state index contributed by atoms with van der Waals surface area (Å²) in [7, 11) is -3.13. The predicted octanol–water partition coefficient (Wildman–Crippen LogP) is 3.32. The monoisotopic (exact) mass is 436 g/mol. The minimum absolute atomic E-state index is 0.187. The van der Waals surface area contributed by atoms with Crippen LogP contribution < -0.4 is 5.32 Å². The maximum atomic E-state index is 11.7. The van der Waals surface area contributed by atoms with Crippen LogP contribution in [0.25, 0.3) is 32.9 Å². The molecule has 1 fully saturated rings. The third-order valence-corrected chi connectivity index (χ3v) is 7.37. The lowest BCUT2D eigenvalue weighted by atomic mass is 9.98. The molecule has 0 saturated carbocycles. The highest BCUT2D eigenvalue weighted by Crippen LogP contribution is 2.33. The molecule has 4 heterocycles. The van der Waals surface area contributed by atoms with Gasteiger partial charge in [-0.1, -0.05) is 6.07 Å². The quantitative estimate of drug-likeness (QED) is 0.509. The van der Waals surface area contributed by atoms with Gasteiger partial charge in [-0.2, -0.15) is 5.10 Å². The predicted molar refractivity (Wildman–Crippen MR) is 122 cm³/mol. The Kier molecular flexibility index (Phi) is 4.86. The van der Waals surface area contributed by atoms with Gasteiger partial charge < -0.3 is 5.32 Å². The molecule has 0 spiro atoms. The second kappa shape index (κ2) is 7.58. The summed E-state index contributed by atoms with van der Waals surface area (Å²) in [6, 6.07) is 8.30. The highest BCUT2D eigenvalue weighted by atomic mass is 32.2. The minimum Gasteiger partial charge on any atom is -0.367 e. The van der Waals surface area contributed by atoms with Crippen LogP contribution >= 0.6 is 0 Å². The molecule has 4 aromatic rings. The topological polar surface area (TPSA) is 104 Å². The molecule has 1 saturated heterocycles. The fourth-order valence-electron chi connectivity index (χ4n) is 4.32. The maximum absolute atomic E-state index is 11.7. The van der Waals surface area contributed by atoms with Gasteiger partial charge >= 0.3 is 0 Å².